The molecule has 4 aromatic rings. The molecule has 0 amide bonds. The lowest BCUT2D eigenvalue weighted by molar-refractivity contribution is 0.0984. The van der Waals surface area contributed by atoms with Gasteiger partial charge in [-0.3, -0.25) is 9.78 Å². The fourth-order valence-corrected chi connectivity index (χ4v) is 6.42. The first-order valence-corrected chi connectivity index (χ1v) is 15.8. The predicted octanol–water partition coefficient (Wildman–Crippen LogP) is 5.69. The van der Waals surface area contributed by atoms with E-state index in [9.17, 15) is 13.2 Å². The van der Waals surface area contributed by atoms with Gasteiger partial charge in [0.1, 0.15) is 11.5 Å². The van der Waals surface area contributed by atoms with Gasteiger partial charge < -0.3 is 0 Å². The van der Waals surface area contributed by atoms with Crippen molar-refractivity contribution in [3.8, 4) is 5.69 Å². The summed E-state index contributed by atoms with van der Waals surface area (Å²) in [5.41, 5.74) is 3.28. The van der Waals surface area contributed by atoms with Crippen LogP contribution in [0.15, 0.2) is 73.1 Å². The Labute approximate surface area is 240 Å². The second-order valence-corrected chi connectivity index (χ2v) is 12.8. The molecular formula is C32H35FN4O3S. The smallest absolute Gasteiger partial charge is 0.209 e. The highest BCUT2D eigenvalue weighted by Gasteiger charge is 2.39. The number of carbonyl (C=O) groups is 1. The summed E-state index contributed by atoms with van der Waals surface area (Å²) in [6.45, 7) is 3.88. The van der Waals surface area contributed by atoms with Crippen LogP contribution in [0.3, 0.4) is 0 Å². The first-order valence-electron chi connectivity index (χ1n) is 14.0. The minimum atomic E-state index is -3.68. The fourth-order valence-electron chi connectivity index (χ4n) is 5.45. The van der Waals surface area contributed by atoms with Crippen LogP contribution in [0, 0.1) is 18.7 Å². The molecule has 0 spiro atoms. The summed E-state index contributed by atoms with van der Waals surface area (Å²) in [7, 11) is -3.68. The van der Waals surface area contributed by atoms with Crippen molar-refractivity contribution in [3.05, 3.63) is 113 Å². The van der Waals surface area contributed by atoms with Gasteiger partial charge in [0.05, 0.1) is 23.2 Å². The maximum absolute atomic E-state index is 15.3. The zero-order valence-electron chi connectivity index (χ0n) is 23.6. The van der Waals surface area contributed by atoms with Gasteiger partial charge in [0, 0.05) is 18.8 Å². The minimum Gasteiger partial charge on any atom is -0.292 e. The lowest BCUT2D eigenvalue weighted by Gasteiger charge is -2.36. The molecule has 1 aliphatic rings. The van der Waals surface area contributed by atoms with Crippen molar-refractivity contribution in [3.63, 3.8) is 0 Å². The molecule has 41 heavy (non-hydrogen) atoms. The number of sulfonamides is 1. The second-order valence-electron chi connectivity index (χ2n) is 11.0. The van der Waals surface area contributed by atoms with Crippen molar-refractivity contribution in [1.82, 2.24) is 19.5 Å². The van der Waals surface area contributed by atoms with E-state index in [-0.39, 0.29) is 17.8 Å². The van der Waals surface area contributed by atoms with Crippen LogP contribution in [-0.4, -0.2) is 35.2 Å². The van der Waals surface area contributed by atoms with Crippen LogP contribution in [-0.2, 0) is 28.4 Å². The highest BCUT2D eigenvalue weighted by atomic mass is 32.2. The molecule has 214 valence electrons. The van der Waals surface area contributed by atoms with Gasteiger partial charge in [0.25, 0.3) is 0 Å². The van der Waals surface area contributed by atoms with Crippen molar-refractivity contribution in [2.45, 2.75) is 57.9 Å². The lowest BCUT2D eigenvalue weighted by atomic mass is 9.79. The highest BCUT2D eigenvalue weighted by Crippen LogP contribution is 2.42. The van der Waals surface area contributed by atoms with E-state index in [0.29, 0.717) is 34.9 Å². The Morgan fingerprint density at radius 3 is 2.51 bits per heavy atom. The van der Waals surface area contributed by atoms with Gasteiger partial charge in [-0.15, -0.1) is 0 Å². The topological polar surface area (TPSA) is 94.0 Å². The van der Waals surface area contributed by atoms with Gasteiger partial charge >= 0.3 is 0 Å². The quantitative estimate of drug-likeness (QED) is 0.220. The Balaban J connectivity index is 1.55. The monoisotopic (exact) mass is 574 g/mol. The van der Waals surface area contributed by atoms with Crippen molar-refractivity contribution >= 4 is 15.8 Å². The van der Waals surface area contributed by atoms with Gasteiger partial charge in [-0.25, -0.2) is 22.2 Å². The average molecular weight is 575 g/mol. The third kappa shape index (κ3) is 6.63. The number of halogens is 1. The summed E-state index contributed by atoms with van der Waals surface area (Å²) in [6, 6.07) is 17.7. The molecule has 1 unspecified atom stereocenters. The van der Waals surface area contributed by atoms with Gasteiger partial charge in [-0.05, 0) is 90.8 Å². The SMILES string of the molecule is CCc1cccc(-n2nc(C)cc2C(=O)Cc2cc(C(CCC3CC3)(NS(C)(=O)=O)c3ccncc3)ccc2F)c1. The van der Waals surface area contributed by atoms with E-state index in [4.69, 9.17) is 0 Å². The first kappa shape index (κ1) is 28.8. The van der Waals surface area contributed by atoms with Gasteiger partial charge in [-0.2, -0.15) is 5.10 Å². The highest BCUT2D eigenvalue weighted by molar-refractivity contribution is 7.88. The third-order valence-electron chi connectivity index (χ3n) is 7.73. The van der Waals surface area contributed by atoms with Crippen molar-refractivity contribution in [1.29, 1.82) is 0 Å². The maximum atomic E-state index is 15.3. The standard InChI is InChI=1S/C32H35FN4O3S/c1-4-23-6-5-7-28(19-23)37-30(18-22(2)35-37)31(38)21-25-20-27(10-11-29(25)33)32(36-41(3,39)40,15-12-24-8-9-24)26-13-16-34-17-14-26/h5-7,10-11,13-14,16-20,24,36H,4,8-9,12,15,21H2,1-3H3. The Morgan fingerprint density at radius 1 is 1.07 bits per heavy atom. The summed E-state index contributed by atoms with van der Waals surface area (Å²) in [6.07, 6.45) is 8.55. The van der Waals surface area contributed by atoms with Crippen LogP contribution in [0.2, 0.25) is 0 Å². The Bertz CT molecular complexity index is 1670. The van der Waals surface area contributed by atoms with Crippen LogP contribution >= 0.6 is 0 Å². The summed E-state index contributed by atoms with van der Waals surface area (Å²) in [5, 5.41) is 4.54. The van der Waals surface area contributed by atoms with E-state index in [2.05, 4.69) is 21.7 Å². The number of Topliss-reactive ketones (excluding diaryl/α,β-unsaturated/α-hetero) is 1. The molecule has 1 fully saturated rings. The van der Waals surface area contributed by atoms with Crippen molar-refractivity contribution < 1.29 is 17.6 Å². The molecule has 7 nitrogen and oxygen atoms in total. The van der Waals surface area contributed by atoms with E-state index in [0.717, 1.165) is 43.2 Å². The average Bonchev–Trinajstić information content (AvgIpc) is 3.70. The molecule has 9 heteroatoms. The van der Waals surface area contributed by atoms with Crippen LogP contribution < -0.4 is 4.72 Å². The number of aryl methyl sites for hydroxylation is 2. The van der Waals surface area contributed by atoms with E-state index in [1.54, 1.807) is 47.4 Å². The minimum absolute atomic E-state index is 0.195. The van der Waals surface area contributed by atoms with E-state index >= 15 is 4.39 Å². The van der Waals surface area contributed by atoms with Crippen LogP contribution in [0.5, 0.6) is 0 Å². The largest absolute Gasteiger partial charge is 0.292 e. The number of benzene rings is 2. The Hall–Kier alpha value is -3.69. The summed E-state index contributed by atoms with van der Waals surface area (Å²) < 4.78 is 45.2. The Morgan fingerprint density at radius 2 is 1.83 bits per heavy atom. The number of nitrogens with one attached hydrogen (secondary N) is 1. The zero-order chi connectivity index (χ0) is 29.2. The molecule has 1 atom stereocenters. The molecule has 0 radical (unpaired) electrons. The second kappa shape index (κ2) is 11.7. The number of hydrogen-bond acceptors (Lipinski definition) is 5. The summed E-state index contributed by atoms with van der Waals surface area (Å²) >= 11 is 0. The molecule has 5 rings (SSSR count). The molecule has 0 saturated heterocycles. The van der Waals surface area contributed by atoms with E-state index < -0.39 is 21.4 Å². The lowest BCUT2D eigenvalue weighted by Crippen LogP contribution is -2.46. The molecule has 0 bridgehead atoms. The number of pyridine rings is 1. The van der Waals surface area contributed by atoms with Crippen LogP contribution in [0.25, 0.3) is 5.69 Å². The molecule has 0 aliphatic heterocycles. The van der Waals surface area contributed by atoms with Crippen LogP contribution in [0.4, 0.5) is 4.39 Å². The molecule has 2 aromatic carbocycles. The van der Waals surface area contributed by atoms with Crippen molar-refractivity contribution in [2.75, 3.05) is 6.26 Å². The molecule has 1 saturated carbocycles. The summed E-state index contributed by atoms with van der Waals surface area (Å²) in [4.78, 5) is 17.8. The number of carbonyl (C=O) groups excluding carboxylic acids is 1. The fraction of sp³-hybridized carbons (Fsp3) is 0.344. The number of aromatic nitrogens is 3. The number of hydrogen-bond donors (Lipinski definition) is 1. The van der Waals surface area contributed by atoms with Crippen molar-refractivity contribution in [2.24, 2.45) is 5.92 Å². The number of nitrogens with zero attached hydrogens (tertiary/aromatic N) is 3. The molecule has 2 heterocycles. The zero-order valence-corrected chi connectivity index (χ0v) is 24.4. The van der Waals surface area contributed by atoms with Crippen LogP contribution in [0.1, 0.15) is 71.0 Å². The molecule has 1 N–H and O–H groups in total. The third-order valence-corrected chi connectivity index (χ3v) is 8.45. The normalized spacial score (nSPS) is 15.0. The van der Waals surface area contributed by atoms with Gasteiger partial charge in [-0.1, -0.05) is 44.0 Å². The van der Waals surface area contributed by atoms with E-state index in [1.165, 1.54) is 6.07 Å². The Kier molecular flexibility index (Phi) is 8.20. The number of ketones is 1. The van der Waals surface area contributed by atoms with Gasteiger partial charge in [0.2, 0.25) is 10.0 Å². The van der Waals surface area contributed by atoms with E-state index in [1.807, 2.05) is 31.2 Å². The number of rotatable bonds is 12. The predicted molar refractivity (Wildman–Crippen MR) is 157 cm³/mol. The summed E-state index contributed by atoms with van der Waals surface area (Å²) in [5.74, 6) is -0.274. The molecule has 1 aliphatic carbocycles. The molecule has 2 aromatic heterocycles. The van der Waals surface area contributed by atoms with Gasteiger partial charge in [0.15, 0.2) is 5.78 Å². The molecular weight excluding hydrogens is 539 g/mol. The maximum Gasteiger partial charge on any atom is 0.209 e. The first-order chi connectivity index (χ1) is 19.6.